The van der Waals surface area contributed by atoms with E-state index in [0.29, 0.717) is 0 Å². The highest BCUT2D eigenvalue weighted by atomic mass is 31.2. The molecule has 2 rings (SSSR count). The lowest BCUT2D eigenvalue weighted by Crippen LogP contribution is -2.45. The van der Waals surface area contributed by atoms with Crippen molar-refractivity contribution in [2.45, 2.75) is 11.3 Å². The molecule has 0 radical (unpaired) electrons. The van der Waals surface area contributed by atoms with E-state index in [1.807, 2.05) is 0 Å². The molecule has 2 aliphatic rings. The van der Waals surface area contributed by atoms with Crippen molar-refractivity contribution in [1.29, 1.82) is 0 Å². The SMILES string of the molecule is C=CC(=O)OCC(O)(O)C12OP1(=O)O2. The molecular weight excluding hydrogens is 215 g/mol. The predicted molar refractivity (Wildman–Crippen MR) is 40.8 cm³/mol. The molecule has 2 saturated heterocycles. The Labute approximate surface area is 78.4 Å². The topological polar surface area (TPSA) is 109 Å². The van der Waals surface area contributed by atoms with E-state index < -0.39 is 31.5 Å². The molecule has 0 aromatic heterocycles. The van der Waals surface area contributed by atoms with Gasteiger partial charge in [-0.2, -0.15) is 0 Å². The van der Waals surface area contributed by atoms with Gasteiger partial charge in [-0.05, 0) is 0 Å². The van der Waals surface area contributed by atoms with E-state index in [9.17, 15) is 19.6 Å². The molecule has 2 aliphatic heterocycles. The molecule has 0 bridgehead atoms. The lowest BCUT2D eigenvalue weighted by Gasteiger charge is -2.18. The number of ether oxygens (including phenoxy) is 1. The smallest absolute Gasteiger partial charge is 0.403 e. The van der Waals surface area contributed by atoms with Crippen LogP contribution >= 0.6 is 7.60 Å². The van der Waals surface area contributed by atoms with Gasteiger partial charge in [-0.1, -0.05) is 6.58 Å². The second kappa shape index (κ2) is 2.44. The summed E-state index contributed by atoms with van der Waals surface area (Å²) in [6, 6.07) is 0. The quantitative estimate of drug-likeness (QED) is 0.213. The Bertz CT molecular complexity index is 349. The number of hydrogen-bond acceptors (Lipinski definition) is 7. The van der Waals surface area contributed by atoms with Gasteiger partial charge >= 0.3 is 19.1 Å². The standard InChI is InChI=1S/C6H7O7P/c1-2-4(7)11-3-5(8,9)6-12-14(6,10)13-6/h2,8-9H,1,3H2. The molecule has 0 spiro atoms. The molecule has 0 aliphatic carbocycles. The summed E-state index contributed by atoms with van der Waals surface area (Å²) < 4.78 is 24.2. The van der Waals surface area contributed by atoms with Crippen LogP contribution < -0.4 is 0 Å². The van der Waals surface area contributed by atoms with Crippen LogP contribution in [0.3, 0.4) is 0 Å². The van der Waals surface area contributed by atoms with E-state index in [-0.39, 0.29) is 0 Å². The van der Waals surface area contributed by atoms with Crippen molar-refractivity contribution >= 4 is 13.6 Å². The number of fused-ring (bicyclic) bond motifs is 1. The highest BCUT2D eigenvalue weighted by Crippen LogP contribution is 2.99. The maximum atomic E-state index is 11.0. The van der Waals surface area contributed by atoms with Gasteiger partial charge in [-0.3, -0.25) is 13.6 Å². The van der Waals surface area contributed by atoms with E-state index in [1.54, 1.807) is 0 Å². The Morgan fingerprint density at radius 1 is 1.64 bits per heavy atom. The zero-order valence-electron chi connectivity index (χ0n) is 6.87. The van der Waals surface area contributed by atoms with Crippen molar-refractivity contribution in [2.24, 2.45) is 0 Å². The summed E-state index contributed by atoms with van der Waals surface area (Å²) in [4.78, 5) is 10.6. The third kappa shape index (κ3) is 1.08. The second-order valence-corrected chi connectivity index (χ2v) is 4.84. The summed E-state index contributed by atoms with van der Waals surface area (Å²) in [6.45, 7) is 2.32. The van der Waals surface area contributed by atoms with Gasteiger partial charge < -0.3 is 14.9 Å². The molecule has 2 heterocycles. The molecule has 7 nitrogen and oxygen atoms in total. The monoisotopic (exact) mass is 222 g/mol. The summed E-state index contributed by atoms with van der Waals surface area (Å²) >= 11 is 0. The van der Waals surface area contributed by atoms with Gasteiger partial charge in [0, 0.05) is 6.08 Å². The Morgan fingerprint density at radius 3 is 2.50 bits per heavy atom. The average Bonchev–Trinajstić information content (AvgIpc) is 2.86. The van der Waals surface area contributed by atoms with Crippen molar-refractivity contribution in [3.8, 4) is 0 Å². The number of rotatable bonds is 4. The molecule has 2 fully saturated rings. The molecule has 0 unspecified atom stereocenters. The van der Waals surface area contributed by atoms with Crippen LogP contribution in [0.5, 0.6) is 0 Å². The first kappa shape index (κ1) is 9.82. The first-order valence-corrected chi connectivity index (χ1v) is 5.17. The van der Waals surface area contributed by atoms with Crippen LogP contribution in [0.4, 0.5) is 0 Å². The van der Waals surface area contributed by atoms with Gasteiger partial charge in [0.25, 0.3) is 5.79 Å². The molecular formula is C6H7O7P. The third-order valence-electron chi connectivity index (χ3n) is 1.87. The van der Waals surface area contributed by atoms with Crippen LogP contribution in [-0.2, 0) is 23.1 Å². The van der Waals surface area contributed by atoms with Gasteiger partial charge in [0.2, 0.25) is 0 Å². The molecule has 0 aromatic rings. The van der Waals surface area contributed by atoms with Crippen LogP contribution in [0.2, 0.25) is 0 Å². The fourth-order valence-corrected chi connectivity index (χ4v) is 2.76. The van der Waals surface area contributed by atoms with Gasteiger partial charge in [0.05, 0.1) is 0 Å². The number of aliphatic hydroxyl groups is 2. The lowest BCUT2D eigenvalue weighted by molar-refractivity contribution is -0.266. The van der Waals surface area contributed by atoms with Crippen LogP contribution in [0.1, 0.15) is 0 Å². The molecule has 0 saturated carbocycles. The maximum Gasteiger partial charge on any atom is 0.403 e. The normalized spacial score (nSPS) is 38.4. The Hall–Kier alpha value is -0.720. The summed E-state index contributed by atoms with van der Waals surface area (Å²) in [7, 11) is -3.26. The molecule has 0 aromatic carbocycles. The molecule has 0 amide bonds. The van der Waals surface area contributed by atoms with Crippen LogP contribution in [0, 0.1) is 0 Å². The van der Waals surface area contributed by atoms with Crippen molar-refractivity contribution in [3.63, 3.8) is 0 Å². The summed E-state index contributed by atoms with van der Waals surface area (Å²) in [6.07, 6.45) is 0.856. The summed E-state index contributed by atoms with van der Waals surface area (Å²) in [5, 5.41) is 18.6. The minimum Gasteiger partial charge on any atom is -0.457 e. The molecule has 0 atom stereocenters. The largest absolute Gasteiger partial charge is 0.457 e. The van der Waals surface area contributed by atoms with E-state index in [2.05, 4.69) is 20.4 Å². The number of carbonyl (C=O) groups excluding carboxylic acids is 1. The van der Waals surface area contributed by atoms with Gasteiger partial charge in [0.1, 0.15) is 0 Å². The summed E-state index contributed by atoms with van der Waals surface area (Å²) in [5.74, 6) is -3.41. The third-order valence-corrected chi connectivity index (χ3v) is 3.80. The van der Waals surface area contributed by atoms with Crippen molar-refractivity contribution in [2.75, 3.05) is 6.61 Å². The Balaban J connectivity index is 1.95. The Kier molecular flexibility index (Phi) is 1.72. The number of carbonyl (C=O) groups is 1. The van der Waals surface area contributed by atoms with E-state index in [4.69, 9.17) is 0 Å². The second-order valence-electron chi connectivity index (χ2n) is 2.89. The predicted octanol–water partition coefficient (Wildman–Crippen LogP) is -0.696. The maximum absolute atomic E-state index is 11.0. The molecule has 2 N–H and O–H groups in total. The van der Waals surface area contributed by atoms with Crippen molar-refractivity contribution in [1.82, 2.24) is 0 Å². The van der Waals surface area contributed by atoms with Crippen molar-refractivity contribution in [3.05, 3.63) is 12.7 Å². The number of hydrogen-bond donors (Lipinski definition) is 2. The fourth-order valence-electron chi connectivity index (χ4n) is 0.979. The first-order chi connectivity index (χ1) is 6.37. The lowest BCUT2D eigenvalue weighted by atomic mass is 10.3. The van der Waals surface area contributed by atoms with Crippen LogP contribution in [0.15, 0.2) is 12.7 Å². The van der Waals surface area contributed by atoms with Gasteiger partial charge in [-0.15, -0.1) is 0 Å². The van der Waals surface area contributed by atoms with E-state index in [1.165, 1.54) is 0 Å². The zero-order valence-corrected chi connectivity index (χ0v) is 7.77. The molecule has 78 valence electrons. The van der Waals surface area contributed by atoms with E-state index >= 15 is 0 Å². The average molecular weight is 222 g/mol. The summed E-state index contributed by atoms with van der Waals surface area (Å²) in [5.41, 5.74) is -1.86. The minimum absolute atomic E-state index is 0.790. The fraction of sp³-hybridized carbons (Fsp3) is 0.500. The highest BCUT2D eigenvalue weighted by Gasteiger charge is 2.99. The first-order valence-electron chi connectivity index (χ1n) is 3.62. The van der Waals surface area contributed by atoms with E-state index in [0.717, 1.165) is 6.08 Å². The zero-order chi connectivity index (χ0) is 10.6. The van der Waals surface area contributed by atoms with Crippen LogP contribution in [0.25, 0.3) is 0 Å². The van der Waals surface area contributed by atoms with Crippen LogP contribution in [-0.4, -0.2) is 34.1 Å². The van der Waals surface area contributed by atoms with Gasteiger partial charge in [-0.25, -0.2) is 4.79 Å². The molecule has 8 heteroatoms. The van der Waals surface area contributed by atoms with Crippen molar-refractivity contribution < 1.29 is 33.4 Å². The minimum atomic E-state index is -3.26. The molecule has 14 heavy (non-hydrogen) atoms. The van der Waals surface area contributed by atoms with Gasteiger partial charge in [0.15, 0.2) is 6.61 Å². The highest BCUT2D eigenvalue weighted by molar-refractivity contribution is 7.68. The Morgan fingerprint density at radius 2 is 2.14 bits per heavy atom. The number of esters is 1.